The highest BCUT2D eigenvalue weighted by atomic mass is 16.5. The lowest BCUT2D eigenvalue weighted by Crippen LogP contribution is -2.40. The summed E-state index contributed by atoms with van der Waals surface area (Å²) in [5, 5.41) is 3.51. The quantitative estimate of drug-likeness (QED) is 0.684. The first kappa shape index (κ1) is 10.0. The molecule has 0 aromatic heterocycles. The van der Waals surface area contributed by atoms with Crippen molar-refractivity contribution in [2.75, 3.05) is 13.2 Å². The van der Waals surface area contributed by atoms with Gasteiger partial charge in [0.05, 0.1) is 6.10 Å². The minimum absolute atomic E-state index is 0.238. The summed E-state index contributed by atoms with van der Waals surface area (Å²) in [5.74, 6) is 0.712. The number of ether oxygens (including phenoxy) is 1. The average Bonchev–Trinajstić information content (AvgIpc) is 2.29. The van der Waals surface area contributed by atoms with Gasteiger partial charge >= 0.3 is 0 Å². The fourth-order valence-corrected chi connectivity index (χ4v) is 1.48. The average molecular weight is 171 g/mol. The molecule has 2 atom stereocenters. The van der Waals surface area contributed by atoms with E-state index in [1.54, 1.807) is 0 Å². The van der Waals surface area contributed by atoms with Gasteiger partial charge in [0.25, 0.3) is 0 Å². The smallest absolute Gasteiger partial charge is 0.0588 e. The molecule has 1 aliphatic rings. The lowest BCUT2D eigenvalue weighted by atomic mass is 10.0. The summed E-state index contributed by atoms with van der Waals surface area (Å²) in [6.45, 7) is 10.8. The van der Waals surface area contributed by atoms with Crippen LogP contribution in [0, 0.1) is 5.92 Å². The second-order valence-electron chi connectivity index (χ2n) is 4.76. The number of hydrogen-bond donors (Lipinski definition) is 1. The number of rotatable bonds is 2. The molecule has 2 heteroatoms. The summed E-state index contributed by atoms with van der Waals surface area (Å²) in [6.07, 6.45) is 1.66. The van der Waals surface area contributed by atoms with E-state index < -0.39 is 0 Å². The van der Waals surface area contributed by atoms with Gasteiger partial charge in [0.2, 0.25) is 0 Å². The molecule has 72 valence electrons. The fourth-order valence-electron chi connectivity index (χ4n) is 1.48. The zero-order chi connectivity index (χ0) is 9.19. The standard InChI is InChI=1S/C10H21NO/c1-8-9(5-6-12-8)7-11-10(2,3)4/h8-9,11H,5-7H2,1-4H3. The molecule has 1 saturated heterocycles. The van der Waals surface area contributed by atoms with Crippen molar-refractivity contribution in [3.8, 4) is 0 Å². The molecule has 0 aliphatic carbocycles. The molecule has 1 rings (SSSR count). The van der Waals surface area contributed by atoms with E-state index in [0.29, 0.717) is 12.0 Å². The van der Waals surface area contributed by atoms with Crippen molar-refractivity contribution in [2.45, 2.75) is 45.8 Å². The third kappa shape index (κ3) is 3.11. The van der Waals surface area contributed by atoms with Crippen molar-refractivity contribution >= 4 is 0 Å². The lowest BCUT2D eigenvalue weighted by Gasteiger charge is -2.24. The van der Waals surface area contributed by atoms with Crippen molar-refractivity contribution in [2.24, 2.45) is 5.92 Å². The van der Waals surface area contributed by atoms with Crippen LogP contribution >= 0.6 is 0 Å². The zero-order valence-electron chi connectivity index (χ0n) is 8.68. The maximum absolute atomic E-state index is 5.49. The lowest BCUT2D eigenvalue weighted by molar-refractivity contribution is 0.104. The fraction of sp³-hybridized carbons (Fsp3) is 1.00. The van der Waals surface area contributed by atoms with Crippen molar-refractivity contribution in [1.82, 2.24) is 5.32 Å². The predicted molar refractivity (Wildman–Crippen MR) is 51.3 cm³/mol. The first-order chi connectivity index (χ1) is 5.49. The molecular weight excluding hydrogens is 150 g/mol. The molecule has 1 fully saturated rings. The van der Waals surface area contributed by atoms with Gasteiger partial charge in [0.1, 0.15) is 0 Å². The Morgan fingerprint density at radius 1 is 1.42 bits per heavy atom. The van der Waals surface area contributed by atoms with E-state index in [9.17, 15) is 0 Å². The van der Waals surface area contributed by atoms with Crippen LogP contribution in [-0.4, -0.2) is 24.8 Å². The van der Waals surface area contributed by atoms with E-state index in [2.05, 4.69) is 33.0 Å². The summed E-state index contributed by atoms with van der Waals surface area (Å²) in [5.41, 5.74) is 0.238. The van der Waals surface area contributed by atoms with E-state index >= 15 is 0 Å². The molecule has 0 radical (unpaired) electrons. The van der Waals surface area contributed by atoms with Crippen LogP contribution in [0.5, 0.6) is 0 Å². The van der Waals surface area contributed by atoms with Crippen LogP contribution in [-0.2, 0) is 4.74 Å². The first-order valence-corrected chi connectivity index (χ1v) is 4.86. The minimum Gasteiger partial charge on any atom is -0.378 e. The van der Waals surface area contributed by atoms with Gasteiger partial charge in [-0.25, -0.2) is 0 Å². The largest absolute Gasteiger partial charge is 0.378 e. The van der Waals surface area contributed by atoms with Crippen molar-refractivity contribution in [1.29, 1.82) is 0 Å². The molecule has 1 aliphatic heterocycles. The molecule has 0 saturated carbocycles. The minimum atomic E-state index is 0.238. The third-order valence-corrected chi connectivity index (χ3v) is 2.43. The van der Waals surface area contributed by atoms with E-state index in [-0.39, 0.29) is 5.54 Å². The Balaban J connectivity index is 2.23. The molecule has 0 amide bonds. The van der Waals surface area contributed by atoms with E-state index in [1.165, 1.54) is 6.42 Å². The maximum atomic E-state index is 5.49. The van der Waals surface area contributed by atoms with Crippen LogP contribution in [0.25, 0.3) is 0 Å². The van der Waals surface area contributed by atoms with Gasteiger partial charge in [-0.1, -0.05) is 0 Å². The van der Waals surface area contributed by atoms with E-state index in [0.717, 1.165) is 13.2 Å². The van der Waals surface area contributed by atoms with Crippen LogP contribution < -0.4 is 5.32 Å². The van der Waals surface area contributed by atoms with Crippen LogP contribution in [0.1, 0.15) is 34.1 Å². The first-order valence-electron chi connectivity index (χ1n) is 4.86. The predicted octanol–water partition coefficient (Wildman–Crippen LogP) is 1.80. The SMILES string of the molecule is CC1OCCC1CNC(C)(C)C. The Morgan fingerprint density at radius 2 is 2.08 bits per heavy atom. The van der Waals surface area contributed by atoms with Crippen molar-refractivity contribution in [3.05, 3.63) is 0 Å². The molecule has 0 bridgehead atoms. The van der Waals surface area contributed by atoms with Crippen LogP contribution in [0.4, 0.5) is 0 Å². The molecule has 0 aromatic carbocycles. The highest BCUT2D eigenvalue weighted by molar-refractivity contribution is 4.78. The Morgan fingerprint density at radius 3 is 2.50 bits per heavy atom. The Kier molecular flexibility index (Phi) is 3.13. The Hall–Kier alpha value is -0.0800. The molecule has 0 spiro atoms. The van der Waals surface area contributed by atoms with Gasteiger partial charge in [-0.2, -0.15) is 0 Å². The summed E-state index contributed by atoms with van der Waals surface area (Å²) in [7, 11) is 0. The molecule has 1 heterocycles. The highest BCUT2D eigenvalue weighted by Gasteiger charge is 2.24. The normalized spacial score (nSPS) is 31.0. The molecule has 1 N–H and O–H groups in total. The third-order valence-electron chi connectivity index (χ3n) is 2.43. The van der Waals surface area contributed by atoms with Gasteiger partial charge in [0, 0.05) is 18.7 Å². The van der Waals surface area contributed by atoms with Crippen molar-refractivity contribution in [3.63, 3.8) is 0 Å². The Bertz CT molecular complexity index is 139. The van der Waals surface area contributed by atoms with Crippen LogP contribution in [0.3, 0.4) is 0 Å². The summed E-state index contributed by atoms with van der Waals surface area (Å²) in [4.78, 5) is 0. The van der Waals surface area contributed by atoms with Crippen molar-refractivity contribution < 1.29 is 4.74 Å². The van der Waals surface area contributed by atoms with Crippen LogP contribution in [0.15, 0.2) is 0 Å². The van der Waals surface area contributed by atoms with Gasteiger partial charge in [0.15, 0.2) is 0 Å². The summed E-state index contributed by atoms with van der Waals surface area (Å²) in [6, 6.07) is 0. The highest BCUT2D eigenvalue weighted by Crippen LogP contribution is 2.19. The summed E-state index contributed by atoms with van der Waals surface area (Å²) < 4.78 is 5.49. The van der Waals surface area contributed by atoms with E-state index in [1.807, 2.05) is 0 Å². The molecular formula is C10H21NO. The van der Waals surface area contributed by atoms with Gasteiger partial charge < -0.3 is 10.1 Å². The topological polar surface area (TPSA) is 21.3 Å². The van der Waals surface area contributed by atoms with Gasteiger partial charge in [-0.05, 0) is 40.0 Å². The molecule has 2 unspecified atom stereocenters. The van der Waals surface area contributed by atoms with Gasteiger partial charge in [-0.3, -0.25) is 0 Å². The second-order valence-corrected chi connectivity index (χ2v) is 4.76. The van der Waals surface area contributed by atoms with Crippen LogP contribution in [0.2, 0.25) is 0 Å². The maximum Gasteiger partial charge on any atom is 0.0588 e. The molecule has 2 nitrogen and oxygen atoms in total. The summed E-state index contributed by atoms with van der Waals surface area (Å²) >= 11 is 0. The van der Waals surface area contributed by atoms with E-state index in [4.69, 9.17) is 4.74 Å². The number of hydrogen-bond acceptors (Lipinski definition) is 2. The Labute approximate surface area is 75.7 Å². The van der Waals surface area contributed by atoms with Gasteiger partial charge in [-0.15, -0.1) is 0 Å². The number of nitrogens with one attached hydrogen (secondary N) is 1. The second kappa shape index (κ2) is 3.75. The molecule has 0 aromatic rings. The zero-order valence-corrected chi connectivity index (χ0v) is 8.68. The monoisotopic (exact) mass is 171 g/mol. The molecule has 12 heavy (non-hydrogen) atoms.